The van der Waals surface area contributed by atoms with Gasteiger partial charge in [-0.25, -0.2) is 0 Å². The minimum atomic E-state index is -4.16. The zero-order chi connectivity index (χ0) is 9.90. The van der Waals surface area contributed by atoms with Crippen molar-refractivity contribution in [3.8, 4) is 0 Å². The Morgan fingerprint density at radius 3 is 2.62 bits per heavy atom. The van der Waals surface area contributed by atoms with Gasteiger partial charge in [0.05, 0.1) is 6.61 Å². The van der Waals surface area contributed by atoms with Crippen molar-refractivity contribution in [3.05, 3.63) is 0 Å². The summed E-state index contributed by atoms with van der Waals surface area (Å²) >= 11 is 0. The highest BCUT2D eigenvalue weighted by Crippen LogP contribution is 2.29. The van der Waals surface area contributed by atoms with Gasteiger partial charge in [-0.3, -0.25) is 0 Å². The molecule has 1 N–H and O–H groups in total. The van der Waals surface area contributed by atoms with Gasteiger partial charge in [0.15, 0.2) is 0 Å². The third-order valence-corrected chi connectivity index (χ3v) is 2.21. The van der Waals surface area contributed by atoms with Gasteiger partial charge in [-0.05, 0) is 13.0 Å². The summed E-state index contributed by atoms with van der Waals surface area (Å²) < 4.78 is 42.3. The van der Waals surface area contributed by atoms with Crippen LogP contribution in [0.15, 0.2) is 0 Å². The summed E-state index contributed by atoms with van der Waals surface area (Å²) in [6, 6.07) is -1.40. The van der Waals surface area contributed by atoms with Gasteiger partial charge in [0.25, 0.3) is 0 Å². The summed E-state index contributed by atoms with van der Waals surface area (Å²) in [6.45, 7) is 2.68. The van der Waals surface area contributed by atoms with Crippen molar-refractivity contribution in [3.63, 3.8) is 0 Å². The van der Waals surface area contributed by atoms with Crippen molar-refractivity contribution in [1.29, 1.82) is 0 Å². The molecular formula is C8H14F3NO. The molecule has 1 aliphatic heterocycles. The van der Waals surface area contributed by atoms with Gasteiger partial charge in [-0.1, -0.05) is 6.92 Å². The Labute approximate surface area is 75.4 Å². The average molecular weight is 197 g/mol. The first kappa shape index (κ1) is 10.8. The van der Waals surface area contributed by atoms with Crippen molar-refractivity contribution in [2.45, 2.75) is 25.6 Å². The highest BCUT2D eigenvalue weighted by molar-refractivity contribution is 4.84. The van der Waals surface area contributed by atoms with E-state index >= 15 is 0 Å². The van der Waals surface area contributed by atoms with E-state index in [0.29, 0.717) is 19.6 Å². The van der Waals surface area contributed by atoms with Crippen LogP contribution in [-0.2, 0) is 4.74 Å². The molecule has 1 fully saturated rings. The molecule has 78 valence electrons. The van der Waals surface area contributed by atoms with Crippen LogP contribution in [0.2, 0.25) is 0 Å². The number of hydrogen-bond donors (Lipinski definition) is 1. The molecule has 0 aromatic rings. The molecule has 5 heteroatoms. The van der Waals surface area contributed by atoms with Crippen LogP contribution in [0, 0.1) is 5.92 Å². The first-order valence-electron chi connectivity index (χ1n) is 4.43. The standard InChI is InChI=1S/C8H14F3NO/c1-2-12-7(8(9,10)11)6-3-4-13-5-6/h6-7,12H,2-5H2,1H3. The normalized spacial score (nSPS) is 26.3. The van der Waals surface area contributed by atoms with Gasteiger partial charge in [0.1, 0.15) is 6.04 Å². The van der Waals surface area contributed by atoms with Crippen LogP contribution in [0.3, 0.4) is 0 Å². The van der Waals surface area contributed by atoms with Crippen LogP contribution in [0.5, 0.6) is 0 Å². The van der Waals surface area contributed by atoms with E-state index in [1.807, 2.05) is 0 Å². The second-order valence-electron chi connectivity index (χ2n) is 3.20. The molecule has 2 nitrogen and oxygen atoms in total. The fourth-order valence-corrected chi connectivity index (χ4v) is 1.59. The Hall–Kier alpha value is -0.290. The van der Waals surface area contributed by atoms with Crippen molar-refractivity contribution in [1.82, 2.24) is 5.32 Å². The topological polar surface area (TPSA) is 21.3 Å². The monoisotopic (exact) mass is 197 g/mol. The molecule has 0 bridgehead atoms. The maximum Gasteiger partial charge on any atom is 0.404 e. The van der Waals surface area contributed by atoms with E-state index in [2.05, 4.69) is 5.32 Å². The van der Waals surface area contributed by atoms with E-state index < -0.39 is 18.1 Å². The highest BCUT2D eigenvalue weighted by atomic mass is 19.4. The Balaban J connectivity index is 2.55. The number of halogens is 3. The molecule has 2 atom stereocenters. The Morgan fingerprint density at radius 1 is 1.54 bits per heavy atom. The second-order valence-corrected chi connectivity index (χ2v) is 3.20. The van der Waals surface area contributed by atoms with E-state index in [-0.39, 0.29) is 6.61 Å². The molecule has 0 aliphatic carbocycles. The van der Waals surface area contributed by atoms with Crippen molar-refractivity contribution < 1.29 is 17.9 Å². The molecule has 0 saturated carbocycles. The molecule has 2 unspecified atom stereocenters. The summed E-state index contributed by atoms with van der Waals surface area (Å²) in [5.41, 5.74) is 0. The Kier molecular flexibility index (Phi) is 3.55. The average Bonchev–Trinajstić information content (AvgIpc) is 2.49. The molecule has 1 heterocycles. The first-order chi connectivity index (χ1) is 6.05. The SMILES string of the molecule is CCNC(C1CCOC1)C(F)(F)F. The summed E-state index contributed by atoms with van der Waals surface area (Å²) in [5.74, 6) is -0.417. The molecule has 1 rings (SSSR count). The molecule has 1 aliphatic rings. The van der Waals surface area contributed by atoms with Crippen LogP contribution in [0.4, 0.5) is 13.2 Å². The van der Waals surface area contributed by atoms with E-state index in [1.54, 1.807) is 6.92 Å². The highest BCUT2D eigenvalue weighted by Gasteiger charge is 2.45. The predicted octanol–water partition coefficient (Wildman–Crippen LogP) is 1.56. The Bertz CT molecular complexity index is 154. The number of ether oxygens (including phenoxy) is 1. The fourth-order valence-electron chi connectivity index (χ4n) is 1.59. The zero-order valence-electron chi connectivity index (χ0n) is 7.53. The largest absolute Gasteiger partial charge is 0.404 e. The van der Waals surface area contributed by atoms with Gasteiger partial charge >= 0.3 is 6.18 Å². The lowest BCUT2D eigenvalue weighted by atomic mass is 9.98. The smallest absolute Gasteiger partial charge is 0.381 e. The maximum absolute atomic E-state index is 12.4. The van der Waals surface area contributed by atoms with Crippen LogP contribution in [-0.4, -0.2) is 32.0 Å². The molecule has 13 heavy (non-hydrogen) atoms. The van der Waals surface area contributed by atoms with E-state index in [1.165, 1.54) is 0 Å². The van der Waals surface area contributed by atoms with Crippen LogP contribution < -0.4 is 5.32 Å². The van der Waals surface area contributed by atoms with Crippen molar-refractivity contribution >= 4 is 0 Å². The fraction of sp³-hybridized carbons (Fsp3) is 1.00. The predicted molar refractivity (Wildman–Crippen MR) is 42.4 cm³/mol. The molecule has 0 spiro atoms. The summed E-state index contributed by atoms with van der Waals surface area (Å²) in [4.78, 5) is 0. The number of rotatable bonds is 3. The van der Waals surface area contributed by atoms with E-state index in [9.17, 15) is 13.2 Å². The van der Waals surface area contributed by atoms with Crippen LogP contribution >= 0.6 is 0 Å². The molecule has 0 amide bonds. The Morgan fingerprint density at radius 2 is 2.23 bits per heavy atom. The number of alkyl halides is 3. The molecule has 0 aromatic heterocycles. The van der Waals surface area contributed by atoms with Gasteiger partial charge in [-0.15, -0.1) is 0 Å². The maximum atomic E-state index is 12.4. The summed E-state index contributed by atoms with van der Waals surface area (Å²) in [5, 5.41) is 2.46. The third kappa shape index (κ3) is 2.84. The summed E-state index contributed by atoms with van der Waals surface area (Å²) in [6.07, 6.45) is -3.66. The van der Waals surface area contributed by atoms with E-state index in [4.69, 9.17) is 4.74 Å². The zero-order valence-corrected chi connectivity index (χ0v) is 7.53. The lowest BCUT2D eigenvalue weighted by molar-refractivity contribution is -0.167. The minimum Gasteiger partial charge on any atom is -0.381 e. The van der Waals surface area contributed by atoms with Crippen molar-refractivity contribution in [2.75, 3.05) is 19.8 Å². The first-order valence-corrected chi connectivity index (χ1v) is 4.43. The lowest BCUT2D eigenvalue weighted by Crippen LogP contribution is -2.47. The van der Waals surface area contributed by atoms with Gasteiger partial charge < -0.3 is 10.1 Å². The molecule has 0 aromatic carbocycles. The van der Waals surface area contributed by atoms with Crippen molar-refractivity contribution in [2.24, 2.45) is 5.92 Å². The molecule has 0 radical (unpaired) electrons. The number of nitrogens with one attached hydrogen (secondary N) is 1. The van der Waals surface area contributed by atoms with Gasteiger partial charge in [0.2, 0.25) is 0 Å². The van der Waals surface area contributed by atoms with Crippen LogP contribution in [0.1, 0.15) is 13.3 Å². The summed E-state index contributed by atoms with van der Waals surface area (Å²) in [7, 11) is 0. The molecular weight excluding hydrogens is 183 g/mol. The lowest BCUT2D eigenvalue weighted by Gasteiger charge is -2.25. The number of hydrogen-bond acceptors (Lipinski definition) is 2. The molecule has 1 saturated heterocycles. The van der Waals surface area contributed by atoms with Crippen LogP contribution in [0.25, 0.3) is 0 Å². The van der Waals surface area contributed by atoms with E-state index in [0.717, 1.165) is 0 Å². The second kappa shape index (κ2) is 4.28. The third-order valence-electron chi connectivity index (χ3n) is 2.21. The quantitative estimate of drug-likeness (QED) is 0.741. The van der Waals surface area contributed by atoms with Gasteiger partial charge in [-0.2, -0.15) is 13.2 Å². The van der Waals surface area contributed by atoms with Gasteiger partial charge in [0, 0.05) is 12.5 Å². The minimum absolute atomic E-state index is 0.219.